The van der Waals surface area contributed by atoms with E-state index in [2.05, 4.69) is 47.5 Å². The van der Waals surface area contributed by atoms with Gasteiger partial charge in [-0.15, -0.1) is 14.8 Å². The maximum atomic E-state index is 5.74. The molecule has 0 atom stereocenters. The normalized spacial score (nSPS) is 11.2. The number of fused-ring (bicyclic) bond motifs is 1. The van der Waals surface area contributed by atoms with Gasteiger partial charge in [0.2, 0.25) is 5.88 Å². The van der Waals surface area contributed by atoms with Crippen LogP contribution in [0.1, 0.15) is 30.9 Å². The number of hydrogen-bond donors (Lipinski definition) is 0. The molecule has 0 saturated heterocycles. The van der Waals surface area contributed by atoms with Gasteiger partial charge in [0, 0.05) is 6.07 Å². The van der Waals surface area contributed by atoms with Crippen LogP contribution in [0.5, 0.6) is 11.6 Å². The van der Waals surface area contributed by atoms with E-state index >= 15 is 0 Å². The van der Waals surface area contributed by atoms with Gasteiger partial charge in [0.15, 0.2) is 5.65 Å². The molecule has 1 aromatic carbocycles. The molecule has 0 aliphatic heterocycles. The molecular formula is C14H15N5O. The molecule has 0 saturated carbocycles. The third-order valence-electron chi connectivity index (χ3n) is 3.13. The number of aromatic nitrogens is 5. The molecule has 0 aliphatic carbocycles. The lowest BCUT2D eigenvalue weighted by Gasteiger charge is -2.11. The largest absolute Gasteiger partial charge is 0.438 e. The molecule has 102 valence electrons. The van der Waals surface area contributed by atoms with Gasteiger partial charge in [-0.2, -0.15) is 0 Å². The van der Waals surface area contributed by atoms with Gasteiger partial charge in [-0.1, -0.05) is 19.9 Å². The van der Waals surface area contributed by atoms with Crippen molar-refractivity contribution in [2.24, 2.45) is 0 Å². The first-order valence-electron chi connectivity index (χ1n) is 6.47. The third-order valence-corrected chi connectivity index (χ3v) is 3.13. The zero-order chi connectivity index (χ0) is 14.1. The molecule has 3 aromatic rings. The molecule has 0 bridgehead atoms. The molecular weight excluding hydrogens is 254 g/mol. The van der Waals surface area contributed by atoms with E-state index in [0.29, 0.717) is 17.4 Å². The van der Waals surface area contributed by atoms with E-state index in [1.807, 2.05) is 12.1 Å². The summed E-state index contributed by atoms with van der Waals surface area (Å²) in [6.45, 7) is 6.44. The third kappa shape index (κ3) is 2.32. The van der Waals surface area contributed by atoms with E-state index in [4.69, 9.17) is 4.74 Å². The first kappa shape index (κ1) is 12.5. The fraction of sp³-hybridized carbons (Fsp3) is 0.286. The SMILES string of the molecule is Cc1cc(Oc2ccc3nnnn3n2)ccc1C(C)C. The maximum absolute atomic E-state index is 5.74. The average molecular weight is 269 g/mol. The summed E-state index contributed by atoms with van der Waals surface area (Å²) < 4.78 is 7.08. The second kappa shape index (κ2) is 4.88. The average Bonchev–Trinajstić information content (AvgIpc) is 2.85. The van der Waals surface area contributed by atoms with Crippen molar-refractivity contribution in [1.82, 2.24) is 25.3 Å². The smallest absolute Gasteiger partial charge is 0.239 e. The molecule has 0 spiro atoms. The summed E-state index contributed by atoms with van der Waals surface area (Å²) in [7, 11) is 0. The Bertz CT molecular complexity index is 750. The standard InChI is InChI=1S/C14H15N5O/c1-9(2)12-5-4-11(8-10(12)3)20-14-7-6-13-15-17-18-19(13)16-14/h4-9H,1-3H3. The molecule has 6 heteroatoms. The van der Waals surface area contributed by atoms with Crippen molar-refractivity contribution < 1.29 is 4.74 Å². The molecule has 20 heavy (non-hydrogen) atoms. The van der Waals surface area contributed by atoms with Crippen LogP contribution in [0.2, 0.25) is 0 Å². The summed E-state index contributed by atoms with van der Waals surface area (Å²) in [5.74, 6) is 1.72. The van der Waals surface area contributed by atoms with Crippen LogP contribution in [-0.2, 0) is 0 Å². The van der Waals surface area contributed by atoms with Crippen LogP contribution in [0.15, 0.2) is 30.3 Å². The van der Waals surface area contributed by atoms with Gasteiger partial charge in [0.1, 0.15) is 5.75 Å². The molecule has 0 fully saturated rings. The number of rotatable bonds is 3. The highest BCUT2D eigenvalue weighted by atomic mass is 16.5. The van der Waals surface area contributed by atoms with E-state index in [-0.39, 0.29) is 0 Å². The topological polar surface area (TPSA) is 65.2 Å². The summed E-state index contributed by atoms with van der Waals surface area (Å²) in [6.07, 6.45) is 0. The lowest BCUT2D eigenvalue weighted by atomic mass is 9.98. The quantitative estimate of drug-likeness (QED) is 0.731. The molecule has 0 amide bonds. The van der Waals surface area contributed by atoms with Gasteiger partial charge < -0.3 is 4.74 Å². The Hall–Kier alpha value is -2.50. The summed E-state index contributed by atoms with van der Waals surface area (Å²) >= 11 is 0. The molecule has 0 unspecified atom stereocenters. The minimum atomic E-state index is 0.460. The van der Waals surface area contributed by atoms with Crippen molar-refractivity contribution in [2.45, 2.75) is 26.7 Å². The van der Waals surface area contributed by atoms with Crippen LogP contribution in [0, 0.1) is 6.92 Å². The highest BCUT2D eigenvalue weighted by molar-refractivity contribution is 5.39. The Morgan fingerprint density at radius 3 is 2.75 bits per heavy atom. The minimum Gasteiger partial charge on any atom is -0.438 e. The summed E-state index contributed by atoms with van der Waals surface area (Å²) in [5, 5.41) is 15.3. The van der Waals surface area contributed by atoms with Gasteiger partial charge in [0.05, 0.1) is 0 Å². The Morgan fingerprint density at radius 2 is 2.00 bits per heavy atom. The highest BCUT2D eigenvalue weighted by Gasteiger charge is 2.07. The van der Waals surface area contributed by atoms with Crippen LogP contribution in [0.4, 0.5) is 0 Å². The Kier molecular flexibility index (Phi) is 3.06. The molecule has 2 aromatic heterocycles. The first-order valence-corrected chi connectivity index (χ1v) is 6.47. The summed E-state index contributed by atoms with van der Waals surface area (Å²) in [4.78, 5) is 0. The molecule has 0 N–H and O–H groups in total. The van der Waals surface area contributed by atoms with Crippen molar-refractivity contribution in [1.29, 1.82) is 0 Å². The van der Waals surface area contributed by atoms with Gasteiger partial charge in [-0.05, 0) is 52.6 Å². The second-order valence-electron chi connectivity index (χ2n) is 4.97. The van der Waals surface area contributed by atoms with E-state index < -0.39 is 0 Å². The fourth-order valence-corrected chi connectivity index (χ4v) is 2.17. The number of aryl methyl sites for hydroxylation is 1. The predicted octanol–water partition coefficient (Wildman–Crippen LogP) is 2.74. The van der Waals surface area contributed by atoms with E-state index in [1.165, 1.54) is 15.8 Å². The Labute approximate surface area is 116 Å². The molecule has 2 heterocycles. The first-order chi connectivity index (χ1) is 9.63. The lowest BCUT2D eigenvalue weighted by molar-refractivity contribution is 0.446. The van der Waals surface area contributed by atoms with Crippen molar-refractivity contribution in [3.05, 3.63) is 41.5 Å². The van der Waals surface area contributed by atoms with Crippen molar-refractivity contribution >= 4 is 5.65 Å². The summed E-state index contributed by atoms with van der Waals surface area (Å²) in [5.41, 5.74) is 3.12. The monoisotopic (exact) mass is 269 g/mol. The lowest BCUT2D eigenvalue weighted by Crippen LogP contribution is -1.98. The summed E-state index contributed by atoms with van der Waals surface area (Å²) in [6, 6.07) is 9.56. The van der Waals surface area contributed by atoms with E-state index in [0.717, 1.165) is 5.75 Å². The number of nitrogens with zero attached hydrogens (tertiary/aromatic N) is 5. The zero-order valence-electron chi connectivity index (χ0n) is 11.6. The predicted molar refractivity (Wildman–Crippen MR) is 73.9 cm³/mol. The molecule has 0 aliphatic rings. The number of ether oxygens (including phenoxy) is 1. The van der Waals surface area contributed by atoms with Crippen molar-refractivity contribution in [3.63, 3.8) is 0 Å². The van der Waals surface area contributed by atoms with E-state index in [9.17, 15) is 0 Å². The minimum absolute atomic E-state index is 0.460. The van der Waals surface area contributed by atoms with E-state index in [1.54, 1.807) is 12.1 Å². The van der Waals surface area contributed by atoms with Gasteiger partial charge in [0.25, 0.3) is 0 Å². The second-order valence-corrected chi connectivity index (χ2v) is 4.97. The number of hydrogen-bond acceptors (Lipinski definition) is 5. The molecule has 3 rings (SSSR count). The van der Waals surface area contributed by atoms with Crippen molar-refractivity contribution in [3.8, 4) is 11.6 Å². The Balaban J connectivity index is 1.88. The van der Waals surface area contributed by atoms with Crippen LogP contribution in [0.25, 0.3) is 5.65 Å². The fourth-order valence-electron chi connectivity index (χ4n) is 2.17. The maximum Gasteiger partial charge on any atom is 0.239 e. The number of benzene rings is 1. The molecule has 6 nitrogen and oxygen atoms in total. The van der Waals surface area contributed by atoms with Gasteiger partial charge in [-0.25, -0.2) is 0 Å². The van der Waals surface area contributed by atoms with Gasteiger partial charge >= 0.3 is 0 Å². The zero-order valence-corrected chi connectivity index (χ0v) is 11.6. The Morgan fingerprint density at radius 1 is 1.15 bits per heavy atom. The van der Waals surface area contributed by atoms with Crippen LogP contribution in [-0.4, -0.2) is 25.3 Å². The van der Waals surface area contributed by atoms with Gasteiger partial charge in [-0.3, -0.25) is 0 Å². The van der Waals surface area contributed by atoms with Crippen LogP contribution in [0.3, 0.4) is 0 Å². The van der Waals surface area contributed by atoms with Crippen molar-refractivity contribution in [2.75, 3.05) is 0 Å². The number of tetrazole rings is 1. The highest BCUT2D eigenvalue weighted by Crippen LogP contribution is 2.26. The molecule has 0 radical (unpaired) electrons. The van der Waals surface area contributed by atoms with Crippen LogP contribution >= 0.6 is 0 Å². The van der Waals surface area contributed by atoms with Crippen LogP contribution < -0.4 is 4.74 Å².